The number of ether oxygens (including phenoxy) is 2. The Kier molecular flexibility index (Phi) is 30.1. The van der Waals surface area contributed by atoms with Crippen LogP contribution in [-0.2, 0) is 19.1 Å². The van der Waals surface area contributed by atoms with Crippen LogP contribution in [0.1, 0.15) is 195 Å². The fourth-order valence-electron chi connectivity index (χ4n) is 5.31. The van der Waals surface area contributed by atoms with Crippen molar-refractivity contribution in [1.29, 1.82) is 0 Å². The minimum Gasteiger partial charge on any atom is -0.466 e. The highest BCUT2D eigenvalue weighted by Gasteiger charge is 2.21. The van der Waals surface area contributed by atoms with Gasteiger partial charge in [0.2, 0.25) is 0 Å². The van der Waals surface area contributed by atoms with E-state index in [4.69, 9.17) is 9.47 Å². The Morgan fingerprint density at radius 1 is 0.475 bits per heavy atom. The van der Waals surface area contributed by atoms with E-state index in [2.05, 4.69) is 20.8 Å². The number of hydrogen-bond donors (Lipinski definition) is 0. The molecule has 0 aromatic carbocycles. The van der Waals surface area contributed by atoms with Crippen LogP contribution in [0.3, 0.4) is 0 Å². The largest absolute Gasteiger partial charge is 0.466 e. The summed E-state index contributed by atoms with van der Waals surface area (Å²) >= 11 is 0. The topological polar surface area (TPSA) is 52.6 Å². The minimum atomic E-state index is -0.00108. The van der Waals surface area contributed by atoms with Crippen molar-refractivity contribution >= 4 is 11.9 Å². The second-order valence-electron chi connectivity index (χ2n) is 12.5. The van der Waals surface area contributed by atoms with Gasteiger partial charge in [0.1, 0.15) is 0 Å². The summed E-state index contributed by atoms with van der Waals surface area (Å²) in [7, 11) is 0. The van der Waals surface area contributed by atoms with E-state index in [0.717, 1.165) is 32.1 Å². The lowest BCUT2D eigenvalue weighted by Crippen LogP contribution is -2.22. The summed E-state index contributed by atoms with van der Waals surface area (Å²) < 4.78 is 10.9. The van der Waals surface area contributed by atoms with Gasteiger partial charge < -0.3 is 9.47 Å². The van der Waals surface area contributed by atoms with E-state index < -0.39 is 0 Å². The molecule has 0 amide bonds. The van der Waals surface area contributed by atoms with Crippen molar-refractivity contribution in [2.45, 2.75) is 195 Å². The fourth-order valence-corrected chi connectivity index (χ4v) is 5.31. The zero-order chi connectivity index (χ0) is 29.5. The van der Waals surface area contributed by atoms with Crippen LogP contribution in [0.25, 0.3) is 0 Å². The molecule has 0 aliphatic carbocycles. The first-order chi connectivity index (χ1) is 19.5. The third-order valence-electron chi connectivity index (χ3n) is 8.52. The maximum Gasteiger partial charge on any atom is 0.308 e. The molecule has 0 aromatic heterocycles. The van der Waals surface area contributed by atoms with Crippen LogP contribution in [0.2, 0.25) is 0 Å². The lowest BCUT2D eigenvalue weighted by atomic mass is 9.90. The first-order valence-corrected chi connectivity index (χ1v) is 17.8. The second kappa shape index (κ2) is 30.9. The van der Waals surface area contributed by atoms with Gasteiger partial charge in [-0.1, -0.05) is 163 Å². The highest BCUT2D eigenvalue weighted by Crippen LogP contribution is 2.21. The van der Waals surface area contributed by atoms with Crippen molar-refractivity contribution in [2.24, 2.45) is 11.8 Å². The van der Waals surface area contributed by atoms with Gasteiger partial charge in [-0.25, -0.2) is 0 Å². The Bertz CT molecular complexity index is 547. The first-order valence-electron chi connectivity index (χ1n) is 17.8. The Morgan fingerprint density at radius 3 is 1.32 bits per heavy atom. The van der Waals surface area contributed by atoms with Crippen LogP contribution in [0.15, 0.2) is 0 Å². The van der Waals surface area contributed by atoms with Crippen LogP contribution in [0.5, 0.6) is 0 Å². The van der Waals surface area contributed by atoms with Gasteiger partial charge in [-0.3, -0.25) is 9.59 Å². The zero-order valence-corrected chi connectivity index (χ0v) is 27.6. The summed E-state index contributed by atoms with van der Waals surface area (Å²) in [6.07, 6.45) is 31.6. The average Bonchev–Trinajstić information content (AvgIpc) is 2.95. The van der Waals surface area contributed by atoms with Crippen molar-refractivity contribution in [2.75, 3.05) is 13.2 Å². The van der Waals surface area contributed by atoms with E-state index in [0.29, 0.717) is 25.6 Å². The molecule has 2 atom stereocenters. The number of esters is 2. The summed E-state index contributed by atoms with van der Waals surface area (Å²) in [5, 5.41) is 0. The molecule has 238 valence electrons. The van der Waals surface area contributed by atoms with Gasteiger partial charge in [0.05, 0.1) is 19.1 Å². The molecule has 0 heterocycles. The molecule has 0 bridgehead atoms. The molecule has 0 saturated carbocycles. The number of carbonyl (C=O) groups excluding carboxylic acids is 2. The molecule has 2 unspecified atom stereocenters. The third kappa shape index (κ3) is 27.1. The van der Waals surface area contributed by atoms with Crippen molar-refractivity contribution in [3.63, 3.8) is 0 Å². The maximum atomic E-state index is 12.3. The van der Waals surface area contributed by atoms with E-state index in [1.54, 1.807) is 0 Å². The number of hydrogen-bond acceptors (Lipinski definition) is 4. The maximum absolute atomic E-state index is 12.3. The zero-order valence-electron chi connectivity index (χ0n) is 27.6. The van der Waals surface area contributed by atoms with Crippen LogP contribution in [0.4, 0.5) is 0 Å². The monoisotopic (exact) mass is 567 g/mol. The van der Waals surface area contributed by atoms with E-state index in [1.807, 2.05) is 6.92 Å². The molecule has 0 radical (unpaired) electrons. The molecule has 0 saturated heterocycles. The summed E-state index contributed by atoms with van der Waals surface area (Å²) in [5.74, 6) is 0.429. The van der Waals surface area contributed by atoms with Gasteiger partial charge in [0.15, 0.2) is 0 Å². The Balaban J connectivity index is 3.40. The third-order valence-corrected chi connectivity index (χ3v) is 8.52. The van der Waals surface area contributed by atoms with Crippen molar-refractivity contribution in [3.05, 3.63) is 0 Å². The molecule has 0 fully saturated rings. The average molecular weight is 567 g/mol. The predicted octanol–water partition coefficient (Wildman–Crippen LogP) is 11.5. The molecule has 0 aliphatic rings. The van der Waals surface area contributed by atoms with Crippen molar-refractivity contribution < 1.29 is 19.1 Å². The number of carbonyl (C=O) groups is 2. The van der Waals surface area contributed by atoms with Gasteiger partial charge in [-0.15, -0.1) is 0 Å². The quantitative estimate of drug-likeness (QED) is 0.0618. The van der Waals surface area contributed by atoms with Crippen LogP contribution < -0.4 is 0 Å². The molecule has 0 spiro atoms. The van der Waals surface area contributed by atoms with E-state index >= 15 is 0 Å². The van der Waals surface area contributed by atoms with E-state index in [9.17, 15) is 9.59 Å². The van der Waals surface area contributed by atoms with Crippen LogP contribution >= 0.6 is 0 Å². The highest BCUT2D eigenvalue weighted by atomic mass is 16.5. The predicted molar refractivity (Wildman–Crippen MR) is 172 cm³/mol. The summed E-state index contributed by atoms with van der Waals surface area (Å²) in [4.78, 5) is 24.1. The first kappa shape index (κ1) is 38.9. The molecule has 0 rings (SSSR count). The summed E-state index contributed by atoms with van der Waals surface area (Å²) in [6, 6.07) is 0. The molecule has 0 aliphatic heterocycles. The van der Waals surface area contributed by atoms with Crippen LogP contribution in [0, 0.1) is 11.8 Å². The molecule has 0 N–H and O–H groups in total. The molecular formula is C36H70O4. The Labute approximate surface area is 250 Å². The smallest absolute Gasteiger partial charge is 0.308 e. The fraction of sp³-hybridized carbons (Fsp3) is 0.944. The molecule has 40 heavy (non-hydrogen) atoms. The van der Waals surface area contributed by atoms with Crippen molar-refractivity contribution in [1.82, 2.24) is 0 Å². The van der Waals surface area contributed by atoms with Gasteiger partial charge in [0, 0.05) is 6.42 Å². The normalized spacial score (nSPS) is 12.8. The second-order valence-corrected chi connectivity index (χ2v) is 12.5. The highest BCUT2D eigenvalue weighted by molar-refractivity contribution is 5.72. The van der Waals surface area contributed by atoms with E-state index in [1.165, 1.54) is 128 Å². The Hall–Kier alpha value is -1.06. The van der Waals surface area contributed by atoms with Gasteiger partial charge in [0.25, 0.3) is 0 Å². The summed E-state index contributed by atoms with van der Waals surface area (Å²) in [6.45, 7) is 9.92. The van der Waals surface area contributed by atoms with Crippen molar-refractivity contribution in [3.8, 4) is 0 Å². The number of rotatable bonds is 31. The van der Waals surface area contributed by atoms with E-state index in [-0.39, 0.29) is 17.9 Å². The van der Waals surface area contributed by atoms with Crippen LogP contribution in [-0.4, -0.2) is 25.2 Å². The molecular weight excluding hydrogens is 496 g/mol. The molecule has 0 aromatic rings. The summed E-state index contributed by atoms with van der Waals surface area (Å²) in [5.41, 5.74) is 0. The molecule has 4 nitrogen and oxygen atoms in total. The lowest BCUT2D eigenvalue weighted by molar-refractivity contribution is -0.150. The van der Waals surface area contributed by atoms with Gasteiger partial charge >= 0.3 is 11.9 Å². The number of unbranched alkanes of at least 4 members (excludes halogenated alkanes) is 21. The SMILES string of the molecule is CCCCCCCCOC(=O)CCCCCCCCCCCCCCC(C)C(C)C(=O)OCCCCCCCC. The lowest BCUT2D eigenvalue weighted by Gasteiger charge is -2.18. The standard InChI is InChI=1S/C36H70O4/c1-5-7-9-11-23-27-31-39-35(37)30-26-22-20-18-16-14-13-15-17-19-21-25-29-33(3)34(4)36(38)40-32-28-24-12-10-8-6-2/h33-34H,5-32H2,1-4H3. The van der Waals surface area contributed by atoms with Gasteiger partial charge in [-0.2, -0.15) is 0 Å². The minimum absolute atomic E-state index is 0.00108. The van der Waals surface area contributed by atoms with Gasteiger partial charge in [-0.05, 0) is 31.6 Å². The molecule has 4 heteroatoms. The Morgan fingerprint density at radius 2 is 0.850 bits per heavy atom.